The molecule has 0 saturated carbocycles. The third kappa shape index (κ3) is 4.07. The average Bonchev–Trinajstić information content (AvgIpc) is 2.91. The SMILES string of the molecule is O=[N+]([O-])c1ccc(-c2ccc(C=NNC3=NCCCCC3)o2)cc1. The fourth-order valence-electron chi connectivity index (χ4n) is 2.46. The van der Waals surface area contributed by atoms with E-state index in [4.69, 9.17) is 4.42 Å². The van der Waals surface area contributed by atoms with Gasteiger partial charge in [-0.2, -0.15) is 5.10 Å². The second-order valence-electron chi connectivity index (χ2n) is 5.52. The van der Waals surface area contributed by atoms with Crippen LogP contribution in [0.15, 0.2) is 50.9 Å². The monoisotopic (exact) mass is 326 g/mol. The second-order valence-corrected chi connectivity index (χ2v) is 5.52. The number of nitrogens with one attached hydrogen (secondary N) is 1. The van der Waals surface area contributed by atoms with E-state index in [1.54, 1.807) is 24.4 Å². The van der Waals surface area contributed by atoms with Crippen LogP contribution in [0.2, 0.25) is 0 Å². The predicted octanol–water partition coefficient (Wildman–Crippen LogP) is 3.75. The smallest absolute Gasteiger partial charge is 0.269 e. The fourth-order valence-corrected chi connectivity index (χ4v) is 2.46. The molecule has 7 nitrogen and oxygen atoms in total. The molecule has 7 heteroatoms. The molecule has 1 N–H and O–H groups in total. The van der Waals surface area contributed by atoms with Crippen LogP contribution in [-0.4, -0.2) is 23.5 Å². The zero-order chi connectivity index (χ0) is 16.8. The van der Waals surface area contributed by atoms with E-state index in [1.165, 1.54) is 18.6 Å². The Balaban J connectivity index is 1.63. The molecule has 0 amide bonds. The van der Waals surface area contributed by atoms with E-state index in [-0.39, 0.29) is 5.69 Å². The number of hydrogen-bond acceptors (Lipinski definition) is 6. The first-order valence-corrected chi connectivity index (χ1v) is 7.89. The fraction of sp³-hybridized carbons (Fsp3) is 0.294. The van der Waals surface area contributed by atoms with Crippen LogP contribution in [0.4, 0.5) is 5.69 Å². The molecule has 0 spiro atoms. The Morgan fingerprint density at radius 3 is 2.79 bits per heavy atom. The molecular weight excluding hydrogens is 308 g/mol. The van der Waals surface area contributed by atoms with Crippen molar-refractivity contribution >= 4 is 17.7 Å². The van der Waals surface area contributed by atoms with Crippen molar-refractivity contribution < 1.29 is 9.34 Å². The molecule has 1 aliphatic rings. The molecule has 1 aliphatic heterocycles. The van der Waals surface area contributed by atoms with Gasteiger partial charge in [0.2, 0.25) is 0 Å². The highest BCUT2D eigenvalue weighted by Gasteiger charge is 2.08. The second kappa shape index (κ2) is 7.54. The van der Waals surface area contributed by atoms with Gasteiger partial charge in [0.1, 0.15) is 17.4 Å². The molecule has 1 aromatic heterocycles. The third-order valence-electron chi connectivity index (χ3n) is 3.75. The van der Waals surface area contributed by atoms with E-state index in [0.29, 0.717) is 11.5 Å². The molecule has 0 radical (unpaired) electrons. The molecule has 0 bridgehead atoms. The van der Waals surface area contributed by atoms with Gasteiger partial charge in [0.15, 0.2) is 0 Å². The lowest BCUT2D eigenvalue weighted by Gasteiger charge is -2.01. The summed E-state index contributed by atoms with van der Waals surface area (Å²) in [6, 6.07) is 9.85. The van der Waals surface area contributed by atoms with E-state index in [1.807, 2.05) is 6.07 Å². The van der Waals surface area contributed by atoms with E-state index < -0.39 is 4.92 Å². The number of hydrazone groups is 1. The van der Waals surface area contributed by atoms with Gasteiger partial charge in [-0.1, -0.05) is 6.42 Å². The number of furan rings is 1. The zero-order valence-corrected chi connectivity index (χ0v) is 13.1. The number of hydrogen-bond donors (Lipinski definition) is 1. The van der Waals surface area contributed by atoms with Gasteiger partial charge in [-0.25, -0.2) is 0 Å². The van der Waals surface area contributed by atoms with Crippen molar-refractivity contribution in [3.05, 3.63) is 52.3 Å². The summed E-state index contributed by atoms with van der Waals surface area (Å²) in [5.41, 5.74) is 3.80. The first kappa shape index (κ1) is 15.9. The normalized spacial score (nSPS) is 15.1. The number of aliphatic imine (C=N–C) groups is 1. The van der Waals surface area contributed by atoms with Crippen LogP contribution >= 0.6 is 0 Å². The maximum Gasteiger partial charge on any atom is 0.269 e. The minimum atomic E-state index is -0.425. The van der Waals surface area contributed by atoms with Gasteiger partial charge in [-0.05, 0) is 37.1 Å². The molecule has 2 aromatic rings. The van der Waals surface area contributed by atoms with Crippen LogP contribution in [0.5, 0.6) is 0 Å². The molecule has 124 valence electrons. The first-order valence-electron chi connectivity index (χ1n) is 7.89. The van der Waals surface area contributed by atoms with Crippen molar-refractivity contribution in [2.75, 3.05) is 6.54 Å². The molecule has 0 saturated heterocycles. The Kier molecular flexibility index (Phi) is 5.00. The van der Waals surface area contributed by atoms with Crippen LogP contribution < -0.4 is 5.43 Å². The highest BCUT2D eigenvalue weighted by molar-refractivity contribution is 5.84. The Labute approximate surface area is 139 Å². The van der Waals surface area contributed by atoms with Gasteiger partial charge in [-0.15, -0.1) is 0 Å². The summed E-state index contributed by atoms with van der Waals surface area (Å²) < 4.78 is 5.69. The topological polar surface area (TPSA) is 93.0 Å². The van der Waals surface area contributed by atoms with Gasteiger partial charge in [-0.3, -0.25) is 20.5 Å². The van der Waals surface area contributed by atoms with E-state index >= 15 is 0 Å². The standard InChI is InChI=1S/C17H18N4O3/c22-21(23)14-7-5-13(6-8-14)16-10-9-15(24-16)12-19-20-17-4-2-1-3-11-18-17/h5-10,12H,1-4,11H2,(H,18,20). The average molecular weight is 326 g/mol. The molecule has 0 unspecified atom stereocenters. The predicted molar refractivity (Wildman–Crippen MR) is 92.3 cm³/mol. The number of benzene rings is 1. The lowest BCUT2D eigenvalue weighted by atomic mass is 10.1. The minimum absolute atomic E-state index is 0.0560. The van der Waals surface area contributed by atoms with Gasteiger partial charge in [0.05, 0.1) is 11.1 Å². The summed E-state index contributed by atoms with van der Waals surface area (Å²) in [5, 5.41) is 14.8. The van der Waals surface area contributed by atoms with Gasteiger partial charge in [0, 0.05) is 30.7 Å². The summed E-state index contributed by atoms with van der Waals surface area (Å²) >= 11 is 0. The molecule has 1 aromatic carbocycles. The molecule has 0 aliphatic carbocycles. The minimum Gasteiger partial charge on any atom is -0.455 e. The van der Waals surface area contributed by atoms with Crippen molar-refractivity contribution in [2.45, 2.75) is 25.7 Å². The zero-order valence-electron chi connectivity index (χ0n) is 13.1. The van der Waals surface area contributed by atoms with Crippen LogP contribution in [-0.2, 0) is 0 Å². The third-order valence-corrected chi connectivity index (χ3v) is 3.75. The number of amidine groups is 1. The lowest BCUT2D eigenvalue weighted by molar-refractivity contribution is -0.384. The van der Waals surface area contributed by atoms with Crippen LogP contribution in [0.3, 0.4) is 0 Å². The first-order chi connectivity index (χ1) is 11.7. The number of nitro benzene ring substituents is 1. The van der Waals surface area contributed by atoms with Crippen molar-refractivity contribution in [2.24, 2.45) is 10.1 Å². The van der Waals surface area contributed by atoms with E-state index in [0.717, 1.165) is 37.2 Å². The molecule has 0 fully saturated rings. The Morgan fingerprint density at radius 2 is 2.00 bits per heavy atom. The molecule has 0 atom stereocenters. The number of nitro groups is 1. The van der Waals surface area contributed by atoms with Gasteiger partial charge in [0.25, 0.3) is 5.69 Å². The summed E-state index contributed by atoms with van der Waals surface area (Å²) in [4.78, 5) is 14.7. The Bertz CT molecular complexity index is 762. The van der Waals surface area contributed by atoms with Crippen molar-refractivity contribution in [1.29, 1.82) is 0 Å². The maximum absolute atomic E-state index is 10.7. The highest BCUT2D eigenvalue weighted by atomic mass is 16.6. The van der Waals surface area contributed by atoms with Crippen LogP contribution in [0.25, 0.3) is 11.3 Å². The van der Waals surface area contributed by atoms with Crippen LogP contribution in [0, 0.1) is 10.1 Å². The van der Waals surface area contributed by atoms with E-state index in [2.05, 4.69) is 15.5 Å². The quantitative estimate of drug-likeness (QED) is 0.526. The van der Waals surface area contributed by atoms with Crippen LogP contribution in [0.1, 0.15) is 31.4 Å². The number of rotatable bonds is 4. The molecule has 2 heterocycles. The lowest BCUT2D eigenvalue weighted by Crippen LogP contribution is -2.17. The van der Waals surface area contributed by atoms with Crippen molar-refractivity contribution in [3.63, 3.8) is 0 Å². The summed E-state index contributed by atoms with van der Waals surface area (Å²) in [7, 11) is 0. The Morgan fingerprint density at radius 1 is 1.17 bits per heavy atom. The van der Waals surface area contributed by atoms with Crippen molar-refractivity contribution in [1.82, 2.24) is 5.43 Å². The highest BCUT2D eigenvalue weighted by Crippen LogP contribution is 2.23. The van der Waals surface area contributed by atoms with Gasteiger partial charge < -0.3 is 4.42 Å². The van der Waals surface area contributed by atoms with Crippen molar-refractivity contribution in [3.8, 4) is 11.3 Å². The number of nitrogens with zero attached hydrogens (tertiary/aromatic N) is 3. The van der Waals surface area contributed by atoms with Gasteiger partial charge >= 0.3 is 0 Å². The molecule has 3 rings (SSSR count). The summed E-state index contributed by atoms with van der Waals surface area (Å²) in [6.45, 7) is 0.850. The molecular formula is C17H18N4O3. The number of non-ortho nitro benzene ring substituents is 1. The summed E-state index contributed by atoms with van der Waals surface area (Å²) in [5.74, 6) is 2.15. The molecule has 24 heavy (non-hydrogen) atoms. The maximum atomic E-state index is 10.7. The van der Waals surface area contributed by atoms with E-state index in [9.17, 15) is 10.1 Å². The summed E-state index contributed by atoms with van der Waals surface area (Å²) in [6.07, 6.45) is 5.99. The Hall–Kier alpha value is -2.96. The largest absolute Gasteiger partial charge is 0.455 e.